The van der Waals surface area contributed by atoms with Crippen LogP contribution in [0.1, 0.15) is 51.8 Å². The van der Waals surface area contributed by atoms with Crippen LogP contribution < -0.4 is 5.32 Å². The Morgan fingerprint density at radius 1 is 1.29 bits per heavy atom. The Labute approximate surface area is 169 Å². The second kappa shape index (κ2) is 8.14. The van der Waals surface area contributed by atoms with E-state index in [0.717, 1.165) is 22.8 Å². The molecule has 1 atom stereocenters. The number of aromatic nitrogens is 2. The highest BCUT2D eigenvalue weighted by atomic mass is 32.2. The van der Waals surface area contributed by atoms with Crippen molar-refractivity contribution in [3.63, 3.8) is 0 Å². The molecule has 0 saturated carbocycles. The topological polar surface area (TPSA) is 93.5 Å². The van der Waals surface area contributed by atoms with Crippen LogP contribution in [0.15, 0.2) is 0 Å². The van der Waals surface area contributed by atoms with Crippen LogP contribution in [-0.2, 0) is 36.2 Å². The van der Waals surface area contributed by atoms with Crippen molar-refractivity contribution < 1.29 is 19.1 Å². The monoisotopic (exact) mass is 408 g/mol. The van der Waals surface area contributed by atoms with Crippen molar-refractivity contribution in [2.45, 2.75) is 57.6 Å². The third-order valence-electron chi connectivity index (χ3n) is 4.94. The van der Waals surface area contributed by atoms with E-state index in [1.807, 2.05) is 20.8 Å². The van der Waals surface area contributed by atoms with Crippen molar-refractivity contribution in [1.82, 2.24) is 14.7 Å². The minimum atomic E-state index is -0.686. The lowest BCUT2D eigenvalue weighted by atomic mass is 9.98. The van der Waals surface area contributed by atoms with Crippen molar-refractivity contribution in [2.75, 3.05) is 25.0 Å². The van der Waals surface area contributed by atoms with Crippen molar-refractivity contribution >= 4 is 35.4 Å². The number of thioether (sulfide) groups is 1. The van der Waals surface area contributed by atoms with Gasteiger partial charge >= 0.3 is 17.8 Å². The SMILES string of the molecule is CCOC(=O)[C@H]1CCCN(C(=O)C(=O)Nc2c3c(nn2C(C)(C)C)CSC3)C1. The van der Waals surface area contributed by atoms with Crippen LogP contribution in [0.25, 0.3) is 0 Å². The smallest absolute Gasteiger partial charge is 0.315 e. The lowest BCUT2D eigenvalue weighted by Gasteiger charge is -2.31. The maximum absolute atomic E-state index is 12.7. The number of carbonyl (C=O) groups is 3. The maximum Gasteiger partial charge on any atom is 0.315 e. The summed E-state index contributed by atoms with van der Waals surface area (Å²) in [6.45, 7) is 8.78. The molecule has 0 aromatic carbocycles. The molecule has 2 amide bonds. The first-order chi connectivity index (χ1) is 13.2. The van der Waals surface area contributed by atoms with Crippen LogP contribution in [0.5, 0.6) is 0 Å². The number of fused-ring (bicyclic) bond motifs is 1. The number of carbonyl (C=O) groups excluding carboxylic acids is 3. The minimum Gasteiger partial charge on any atom is -0.466 e. The van der Waals surface area contributed by atoms with Gasteiger partial charge in [0.15, 0.2) is 0 Å². The van der Waals surface area contributed by atoms with Crippen molar-refractivity contribution in [3.8, 4) is 0 Å². The fraction of sp³-hybridized carbons (Fsp3) is 0.684. The average Bonchev–Trinajstić information content (AvgIpc) is 3.23. The molecule has 9 heteroatoms. The number of anilines is 1. The second-order valence-electron chi connectivity index (χ2n) is 8.15. The highest BCUT2D eigenvalue weighted by molar-refractivity contribution is 7.98. The molecule has 1 fully saturated rings. The van der Waals surface area contributed by atoms with E-state index in [1.54, 1.807) is 23.4 Å². The number of nitrogens with one attached hydrogen (secondary N) is 1. The summed E-state index contributed by atoms with van der Waals surface area (Å²) in [4.78, 5) is 38.9. The summed E-state index contributed by atoms with van der Waals surface area (Å²) in [6, 6.07) is 0. The van der Waals surface area contributed by atoms with Gasteiger partial charge in [0.2, 0.25) is 0 Å². The molecule has 8 nitrogen and oxygen atoms in total. The molecule has 0 radical (unpaired) electrons. The van der Waals surface area contributed by atoms with E-state index in [0.29, 0.717) is 31.8 Å². The molecule has 154 valence electrons. The van der Waals surface area contributed by atoms with Gasteiger partial charge in [0, 0.05) is 30.2 Å². The van der Waals surface area contributed by atoms with E-state index in [1.165, 1.54) is 4.90 Å². The standard InChI is InChI=1S/C19H28N4O4S/c1-5-27-18(26)12-7-6-8-22(9-12)17(25)16(24)20-15-13-10-28-11-14(13)21-23(15)19(2,3)4/h12H,5-11H2,1-4H3,(H,20,24)/t12-/m0/s1. The van der Waals surface area contributed by atoms with Gasteiger partial charge in [-0.3, -0.25) is 14.4 Å². The van der Waals surface area contributed by atoms with Gasteiger partial charge in [0.05, 0.1) is 23.8 Å². The number of piperidine rings is 1. The minimum absolute atomic E-state index is 0.220. The maximum atomic E-state index is 12.7. The number of ether oxygens (including phenoxy) is 1. The lowest BCUT2D eigenvalue weighted by Crippen LogP contribution is -2.47. The number of amides is 2. The highest BCUT2D eigenvalue weighted by Gasteiger charge is 2.34. The number of esters is 1. The molecule has 0 bridgehead atoms. The van der Waals surface area contributed by atoms with E-state index in [2.05, 4.69) is 10.4 Å². The zero-order valence-electron chi connectivity index (χ0n) is 16.9. The third-order valence-corrected chi connectivity index (χ3v) is 5.91. The molecule has 2 aliphatic heterocycles. The predicted octanol–water partition coefficient (Wildman–Crippen LogP) is 2.13. The van der Waals surface area contributed by atoms with E-state index < -0.39 is 11.8 Å². The van der Waals surface area contributed by atoms with Gasteiger partial charge in [-0.05, 0) is 40.5 Å². The first-order valence-electron chi connectivity index (χ1n) is 9.68. The van der Waals surface area contributed by atoms with Crippen LogP contribution >= 0.6 is 11.8 Å². The molecule has 2 aliphatic rings. The highest BCUT2D eigenvalue weighted by Crippen LogP contribution is 2.37. The first-order valence-corrected chi connectivity index (χ1v) is 10.8. The van der Waals surface area contributed by atoms with Gasteiger partial charge in [-0.25, -0.2) is 4.68 Å². The molecule has 28 heavy (non-hydrogen) atoms. The molecule has 1 aromatic heterocycles. The number of hydrogen-bond acceptors (Lipinski definition) is 6. The van der Waals surface area contributed by atoms with Gasteiger partial charge in [0.25, 0.3) is 0 Å². The zero-order chi connectivity index (χ0) is 20.5. The summed E-state index contributed by atoms with van der Waals surface area (Å²) >= 11 is 1.74. The molecule has 1 N–H and O–H groups in total. The fourth-order valence-corrected chi connectivity index (χ4v) is 4.58. The van der Waals surface area contributed by atoms with Crippen LogP contribution in [0.2, 0.25) is 0 Å². The van der Waals surface area contributed by atoms with Crippen molar-refractivity contribution in [3.05, 3.63) is 11.3 Å². The lowest BCUT2D eigenvalue weighted by molar-refractivity contribution is -0.153. The van der Waals surface area contributed by atoms with Crippen molar-refractivity contribution in [1.29, 1.82) is 0 Å². The Hall–Kier alpha value is -2.03. The van der Waals surface area contributed by atoms with E-state index in [-0.39, 0.29) is 24.0 Å². The van der Waals surface area contributed by atoms with E-state index >= 15 is 0 Å². The van der Waals surface area contributed by atoms with Gasteiger partial charge in [-0.1, -0.05) is 0 Å². The van der Waals surface area contributed by atoms with Crippen LogP contribution in [-0.4, -0.2) is 52.2 Å². The van der Waals surface area contributed by atoms with Crippen LogP contribution in [0.4, 0.5) is 5.82 Å². The summed E-state index contributed by atoms with van der Waals surface area (Å²) in [6.07, 6.45) is 1.35. The molecular weight excluding hydrogens is 380 g/mol. The third kappa shape index (κ3) is 4.19. The normalized spacial score (nSPS) is 19.3. The molecule has 1 aromatic rings. The second-order valence-corrected chi connectivity index (χ2v) is 9.13. The Kier molecular flexibility index (Phi) is 6.02. The quantitative estimate of drug-likeness (QED) is 0.608. The van der Waals surface area contributed by atoms with Gasteiger partial charge < -0.3 is 15.0 Å². The Bertz CT molecular complexity index is 784. The summed E-state index contributed by atoms with van der Waals surface area (Å²) < 4.78 is 6.86. The Morgan fingerprint density at radius 2 is 2.04 bits per heavy atom. The molecule has 0 spiro atoms. The molecule has 3 heterocycles. The van der Waals surface area contributed by atoms with E-state index in [9.17, 15) is 14.4 Å². The summed E-state index contributed by atoms with van der Waals surface area (Å²) in [5, 5.41) is 7.44. The number of nitrogens with zero attached hydrogens (tertiary/aromatic N) is 3. The summed E-state index contributed by atoms with van der Waals surface area (Å²) in [5.74, 6) is 0.202. The molecule has 1 saturated heterocycles. The predicted molar refractivity (Wildman–Crippen MR) is 107 cm³/mol. The van der Waals surface area contributed by atoms with Crippen molar-refractivity contribution in [2.24, 2.45) is 5.92 Å². The first kappa shape index (κ1) is 20.7. The molecule has 0 aliphatic carbocycles. The van der Waals surface area contributed by atoms with Gasteiger partial charge in [-0.15, -0.1) is 0 Å². The van der Waals surface area contributed by atoms with Crippen LogP contribution in [0.3, 0.4) is 0 Å². The fourth-order valence-electron chi connectivity index (χ4n) is 3.55. The zero-order valence-corrected chi connectivity index (χ0v) is 17.7. The summed E-state index contributed by atoms with van der Waals surface area (Å²) in [5.41, 5.74) is 1.63. The van der Waals surface area contributed by atoms with Gasteiger partial charge in [0.1, 0.15) is 5.82 Å². The molecule has 3 rings (SSSR count). The van der Waals surface area contributed by atoms with Gasteiger partial charge in [-0.2, -0.15) is 16.9 Å². The molecule has 0 unspecified atom stereocenters. The number of rotatable bonds is 3. The van der Waals surface area contributed by atoms with E-state index in [4.69, 9.17) is 4.74 Å². The largest absolute Gasteiger partial charge is 0.466 e. The summed E-state index contributed by atoms with van der Waals surface area (Å²) in [7, 11) is 0. The Balaban J connectivity index is 1.73. The number of likely N-dealkylation sites (tertiary alicyclic amines) is 1. The Morgan fingerprint density at radius 3 is 2.71 bits per heavy atom. The van der Waals surface area contributed by atoms with Crippen LogP contribution in [0, 0.1) is 5.92 Å². The number of hydrogen-bond donors (Lipinski definition) is 1. The molecular formula is C19H28N4O4S. The average molecular weight is 409 g/mol.